The van der Waals surface area contributed by atoms with Crippen molar-refractivity contribution in [3.05, 3.63) is 0 Å². The first-order valence-electron chi connectivity index (χ1n) is 5.80. The van der Waals surface area contributed by atoms with Crippen LogP contribution in [-0.4, -0.2) is 36.6 Å². The van der Waals surface area contributed by atoms with Gasteiger partial charge in [0.2, 0.25) is 0 Å². The maximum Gasteiger partial charge on any atom is 0.0638 e. The van der Waals surface area contributed by atoms with Crippen molar-refractivity contribution in [3.8, 4) is 6.07 Å². The Morgan fingerprint density at radius 3 is 2.73 bits per heavy atom. The van der Waals surface area contributed by atoms with Crippen molar-refractivity contribution in [3.63, 3.8) is 0 Å². The van der Waals surface area contributed by atoms with Gasteiger partial charge in [0.05, 0.1) is 12.5 Å². The Bertz CT molecular complexity index is 240. The van der Waals surface area contributed by atoms with Crippen molar-refractivity contribution in [2.75, 3.05) is 19.6 Å². The molecule has 1 saturated heterocycles. The highest BCUT2D eigenvalue weighted by Gasteiger charge is 2.31. The second-order valence-corrected chi connectivity index (χ2v) is 5.58. The van der Waals surface area contributed by atoms with E-state index in [0.29, 0.717) is 23.9 Å². The highest BCUT2D eigenvalue weighted by molar-refractivity contribution is 4.92. The van der Waals surface area contributed by atoms with Crippen LogP contribution >= 0.6 is 0 Å². The van der Waals surface area contributed by atoms with Gasteiger partial charge in [-0.15, -0.1) is 0 Å². The molecule has 0 aliphatic carbocycles. The van der Waals surface area contributed by atoms with Crippen LogP contribution < -0.4 is 5.32 Å². The molecule has 3 nitrogen and oxygen atoms in total. The Kier molecular flexibility index (Phi) is 4.12. The number of nitrogens with one attached hydrogen (secondary N) is 1. The van der Waals surface area contributed by atoms with Gasteiger partial charge in [-0.25, -0.2) is 0 Å². The molecule has 0 saturated carbocycles. The number of nitrogens with zero attached hydrogens (tertiary/aromatic N) is 2. The molecule has 1 N–H and O–H groups in total. The minimum atomic E-state index is 0.300. The Labute approximate surface area is 93.5 Å². The Hall–Kier alpha value is -0.590. The zero-order chi connectivity index (χ0) is 11.5. The summed E-state index contributed by atoms with van der Waals surface area (Å²) in [4.78, 5) is 2.46. The van der Waals surface area contributed by atoms with E-state index in [-0.39, 0.29) is 0 Å². The topological polar surface area (TPSA) is 39.1 Å². The summed E-state index contributed by atoms with van der Waals surface area (Å²) in [5.74, 6) is 0. The third-order valence-electron chi connectivity index (χ3n) is 3.05. The van der Waals surface area contributed by atoms with Crippen LogP contribution in [-0.2, 0) is 0 Å². The van der Waals surface area contributed by atoms with Gasteiger partial charge in [-0.1, -0.05) is 13.8 Å². The van der Waals surface area contributed by atoms with E-state index < -0.39 is 0 Å². The third-order valence-corrected chi connectivity index (χ3v) is 3.05. The standard InChI is InChI=1S/C12H23N3/c1-10(2)15-9-12(3,4)8-14-7-11(15)5-6-13/h10-11,14H,5,7-9H2,1-4H3. The molecule has 1 unspecified atom stereocenters. The molecule has 0 aromatic carbocycles. The van der Waals surface area contributed by atoms with Crippen LogP contribution in [0.1, 0.15) is 34.1 Å². The van der Waals surface area contributed by atoms with Gasteiger partial charge in [0.25, 0.3) is 0 Å². The van der Waals surface area contributed by atoms with Crippen molar-refractivity contribution in [1.29, 1.82) is 5.26 Å². The van der Waals surface area contributed by atoms with E-state index in [0.717, 1.165) is 19.6 Å². The summed E-state index contributed by atoms with van der Waals surface area (Å²) in [6.45, 7) is 12.0. The number of hydrogen-bond acceptors (Lipinski definition) is 3. The maximum absolute atomic E-state index is 8.84. The van der Waals surface area contributed by atoms with Crippen LogP contribution in [0.3, 0.4) is 0 Å². The monoisotopic (exact) mass is 209 g/mol. The summed E-state index contributed by atoms with van der Waals surface area (Å²) in [7, 11) is 0. The molecule has 0 aromatic heterocycles. The van der Waals surface area contributed by atoms with Crippen LogP contribution in [0.25, 0.3) is 0 Å². The SMILES string of the molecule is CC(C)N1CC(C)(C)CNCC1CC#N. The summed E-state index contributed by atoms with van der Waals surface area (Å²) in [5, 5.41) is 12.3. The summed E-state index contributed by atoms with van der Waals surface area (Å²) < 4.78 is 0. The van der Waals surface area contributed by atoms with E-state index in [4.69, 9.17) is 5.26 Å². The van der Waals surface area contributed by atoms with Crippen LogP contribution in [0.4, 0.5) is 0 Å². The molecule has 0 bridgehead atoms. The van der Waals surface area contributed by atoms with Crippen molar-refractivity contribution < 1.29 is 0 Å². The Balaban J connectivity index is 2.76. The quantitative estimate of drug-likeness (QED) is 0.751. The number of rotatable bonds is 2. The second-order valence-electron chi connectivity index (χ2n) is 5.58. The molecule has 1 aliphatic heterocycles. The lowest BCUT2D eigenvalue weighted by Gasteiger charge is -2.36. The molecule has 0 radical (unpaired) electrons. The molecular weight excluding hydrogens is 186 g/mol. The average Bonchev–Trinajstić information content (AvgIpc) is 2.26. The molecule has 1 rings (SSSR count). The minimum absolute atomic E-state index is 0.300. The Morgan fingerprint density at radius 1 is 1.53 bits per heavy atom. The van der Waals surface area contributed by atoms with Crippen molar-refractivity contribution in [1.82, 2.24) is 10.2 Å². The fraction of sp³-hybridized carbons (Fsp3) is 0.917. The molecular formula is C12H23N3. The normalized spacial score (nSPS) is 27.3. The van der Waals surface area contributed by atoms with E-state index in [2.05, 4.69) is 44.0 Å². The zero-order valence-corrected chi connectivity index (χ0v) is 10.4. The third kappa shape index (κ3) is 3.48. The molecule has 1 fully saturated rings. The molecule has 0 aromatic rings. The van der Waals surface area contributed by atoms with Crippen LogP contribution in [0.15, 0.2) is 0 Å². The number of hydrogen-bond donors (Lipinski definition) is 1. The average molecular weight is 209 g/mol. The maximum atomic E-state index is 8.84. The fourth-order valence-corrected chi connectivity index (χ4v) is 2.27. The van der Waals surface area contributed by atoms with Crippen LogP contribution in [0, 0.1) is 16.7 Å². The van der Waals surface area contributed by atoms with Gasteiger partial charge in [-0.2, -0.15) is 5.26 Å². The molecule has 0 spiro atoms. The zero-order valence-electron chi connectivity index (χ0n) is 10.4. The summed E-state index contributed by atoms with van der Waals surface area (Å²) >= 11 is 0. The minimum Gasteiger partial charge on any atom is -0.315 e. The predicted octanol–water partition coefficient (Wildman–Crippen LogP) is 1.61. The fourth-order valence-electron chi connectivity index (χ4n) is 2.27. The van der Waals surface area contributed by atoms with Gasteiger partial charge in [-0.05, 0) is 19.3 Å². The smallest absolute Gasteiger partial charge is 0.0638 e. The lowest BCUT2D eigenvalue weighted by Crippen LogP contribution is -2.45. The molecule has 1 atom stereocenters. The Morgan fingerprint density at radius 2 is 2.20 bits per heavy atom. The first-order chi connectivity index (χ1) is 6.96. The van der Waals surface area contributed by atoms with Crippen molar-refractivity contribution >= 4 is 0 Å². The van der Waals surface area contributed by atoms with Crippen molar-refractivity contribution in [2.24, 2.45) is 5.41 Å². The van der Waals surface area contributed by atoms with Crippen LogP contribution in [0.5, 0.6) is 0 Å². The first kappa shape index (κ1) is 12.5. The van der Waals surface area contributed by atoms with Gasteiger partial charge < -0.3 is 5.32 Å². The molecule has 1 aliphatic rings. The van der Waals surface area contributed by atoms with E-state index in [1.165, 1.54) is 0 Å². The number of nitriles is 1. The summed E-state index contributed by atoms with van der Waals surface area (Å²) in [6.07, 6.45) is 0.626. The van der Waals surface area contributed by atoms with Gasteiger partial charge in [0.15, 0.2) is 0 Å². The lowest BCUT2D eigenvalue weighted by atomic mass is 9.92. The highest BCUT2D eigenvalue weighted by atomic mass is 15.2. The highest BCUT2D eigenvalue weighted by Crippen LogP contribution is 2.23. The van der Waals surface area contributed by atoms with E-state index >= 15 is 0 Å². The van der Waals surface area contributed by atoms with Crippen LogP contribution in [0.2, 0.25) is 0 Å². The van der Waals surface area contributed by atoms with Gasteiger partial charge in [0.1, 0.15) is 0 Å². The van der Waals surface area contributed by atoms with E-state index in [1.54, 1.807) is 0 Å². The first-order valence-corrected chi connectivity index (χ1v) is 5.80. The second kappa shape index (κ2) is 4.96. The summed E-state index contributed by atoms with van der Waals surface area (Å²) in [6, 6.07) is 3.18. The predicted molar refractivity (Wildman–Crippen MR) is 62.5 cm³/mol. The molecule has 15 heavy (non-hydrogen) atoms. The molecule has 0 amide bonds. The van der Waals surface area contributed by atoms with Gasteiger partial charge >= 0.3 is 0 Å². The lowest BCUT2D eigenvalue weighted by molar-refractivity contribution is 0.122. The van der Waals surface area contributed by atoms with E-state index in [9.17, 15) is 0 Å². The molecule has 1 heterocycles. The summed E-state index contributed by atoms with van der Waals surface area (Å²) in [5.41, 5.74) is 0.300. The largest absolute Gasteiger partial charge is 0.315 e. The van der Waals surface area contributed by atoms with Gasteiger partial charge in [-0.3, -0.25) is 4.90 Å². The van der Waals surface area contributed by atoms with Crippen molar-refractivity contribution in [2.45, 2.75) is 46.2 Å². The van der Waals surface area contributed by atoms with E-state index in [1.807, 2.05) is 0 Å². The van der Waals surface area contributed by atoms with Gasteiger partial charge in [0, 0.05) is 31.7 Å². The molecule has 86 valence electrons. The molecule has 3 heteroatoms.